The molecule has 1 aromatic carbocycles. The van der Waals surface area contributed by atoms with Crippen molar-refractivity contribution in [2.24, 2.45) is 5.73 Å². The van der Waals surface area contributed by atoms with Crippen molar-refractivity contribution in [3.8, 4) is 5.75 Å². The molecule has 2 N–H and O–H groups in total. The minimum absolute atomic E-state index is 0.0726. The molecule has 0 saturated heterocycles. The molecule has 0 spiro atoms. The van der Waals surface area contributed by atoms with E-state index in [9.17, 15) is 0 Å². The van der Waals surface area contributed by atoms with E-state index in [-0.39, 0.29) is 12.0 Å². The molecule has 2 unspecified atom stereocenters. The van der Waals surface area contributed by atoms with Gasteiger partial charge in [0.15, 0.2) is 0 Å². The highest BCUT2D eigenvalue weighted by Gasteiger charge is 2.29. The molecule has 2 atom stereocenters. The molecule has 3 rings (SSSR count). The molecule has 4 heteroatoms. The minimum atomic E-state index is 0.0726. The summed E-state index contributed by atoms with van der Waals surface area (Å²) in [5, 5.41) is 0. The molecule has 1 aliphatic heterocycles. The van der Waals surface area contributed by atoms with Crippen molar-refractivity contribution < 1.29 is 4.74 Å². The van der Waals surface area contributed by atoms with Crippen LogP contribution in [0.3, 0.4) is 0 Å². The van der Waals surface area contributed by atoms with Gasteiger partial charge in [0.05, 0.1) is 10.9 Å². The van der Waals surface area contributed by atoms with Gasteiger partial charge in [-0.2, -0.15) is 0 Å². The Kier molecular flexibility index (Phi) is 3.29. The lowest BCUT2D eigenvalue weighted by molar-refractivity contribution is 0.313. The van der Waals surface area contributed by atoms with Crippen LogP contribution in [-0.2, 0) is 6.42 Å². The van der Waals surface area contributed by atoms with Crippen molar-refractivity contribution in [1.29, 1.82) is 0 Å². The maximum absolute atomic E-state index is 6.32. The molecule has 0 fully saturated rings. The molecule has 0 saturated carbocycles. The molecule has 0 aliphatic carbocycles. The minimum Gasteiger partial charge on any atom is -0.493 e. The Morgan fingerprint density at radius 1 is 1.33 bits per heavy atom. The first-order valence-electron chi connectivity index (χ1n) is 5.95. The molecule has 2 heterocycles. The number of ether oxygens (including phenoxy) is 1. The van der Waals surface area contributed by atoms with Gasteiger partial charge in [-0.1, -0.05) is 29.8 Å². The largest absolute Gasteiger partial charge is 0.493 e. The van der Waals surface area contributed by atoms with Crippen LogP contribution in [0.4, 0.5) is 0 Å². The predicted octanol–water partition coefficient (Wildman–Crippen LogP) is 3.45. The number of fused-ring (bicyclic) bond motifs is 1. The number of hydrogen-bond acceptors (Lipinski definition) is 3. The van der Waals surface area contributed by atoms with Gasteiger partial charge in [-0.15, -0.1) is 11.3 Å². The fourth-order valence-electron chi connectivity index (χ4n) is 2.38. The highest BCUT2D eigenvalue weighted by molar-refractivity contribution is 7.16. The van der Waals surface area contributed by atoms with Crippen LogP contribution in [0.25, 0.3) is 0 Å². The molecular weight excluding hydrogens is 266 g/mol. The predicted molar refractivity (Wildman–Crippen MR) is 75.7 cm³/mol. The molecule has 18 heavy (non-hydrogen) atoms. The van der Waals surface area contributed by atoms with Crippen LogP contribution in [0.5, 0.6) is 5.75 Å². The van der Waals surface area contributed by atoms with E-state index >= 15 is 0 Å². The molecule has 0 radical (unpaired) electrons. The van der Waals surface area contributed by atoms with Gasteiger partial charge in [0.2, 0.25) is 0 Å². The summed E-state index contributed by atoms with van der Waals surface area (Å²) in [4.78, 5) is 1.23. The zero-order valence-corrected chi connectivity index (χ0v) is 11.4. The van der Waals surface area contributed by atoms with E-state index in [1.165, 1.54) is 10.4 Å². The molecular formula is C14H14ClNOS. The van der Waals surface area contributed by atoms with Gasteiger partial charge in [0.1, 0.15) is 5.75 Å². The Balaban J connectivity index is 1.76. The average Bonchev–Trinajstić information content (AvgIpc) is 2.95. The smallest absolute Gasteiger partial charge is 0.122 e. The van der Waals surface area contributed by atoms with Gasteiger partial charge in [-0.25, -0.2) is 0 Å². The summed E-state index contributed by atoms with van der Waals surface area (Å²) in [6, 6.07) is 12.2. The fourth-order valence-corrected chi connectivity index (χ4v) is 3.54. The van der Waals surface area contributed by atoms with Gasteiger partial charge in [-0.05, 0) is 24.6 Å². The van der Waals surface area contributed by atoms with Crippen LogP contribution in [0, 0.1) is 0 Å². The Labute approximate surface area is 115 Å². The summed E-state index contributed by atoms with van der Waals surface area (Å²) in [6.07, 6.45) is 0.847. The Morgan fingerprint density at radius 2 is 2.17 bits per heavy atom. The van der Waals surface area contributed by atoms with Crippen molar-refractivity contribution in [1.82, 2.24) is 0 Å². The highest BCUT2D eigenvalue weighted by Crippen LogP contribution is 2.36. The number of nitrogens with two attached hydrogens (primary N) is 1. The summed E-state index contributed by atoms with van der Waals surface area (Å²) >= 11 is 7.54. The standard InChI is InChI=1S/C14H14ClNOS/c15-14-6-5-9(18-14)7-12(16)11-8-17-13-4-2-1-3-10(11)13/h1-6,11-12H,7-8,16H2. The van der Waals surface area contributed by atoms with Crippen molar-refractivity contribution >= 4 is 22.9 Å². The SMILES string of the molecule is NC(Cc1ccc(Cl)s1)C1COc2ccccc21. The first-order chi connectivity index (χ1) is 8.74. The van der Waals surface area contributed by atoms with Crippen LogP contribution in [-0.4, -0.2) is 12.6 Å². The molecule has 2 nitrogen and oxygen atoms in total. The Morgan fingerprint density at radius 3 is 2.94 bits per heavy atom. The summed E-state index contributed by atoms with van der Waals surface area (Å²) in [7, 11) is 0. The normalized spacial score (nSPS) is 19.3. The molecule has 0 amide bonds. The summed E-state index contributed by atoms with van der Waals surface area (Å²) in [6.45, 7) is 0.680. The fraction of sp³-hybridized carbons (Fsp3) is 0.286. The monoisotopic (exact) mass is 279 g/mol. The van der Waals surface area contributed by atoms with Crippen LogP contribution in [0.1, 0.15) is 16.4 Å². The number of hydrogen-bond donors (Lipinski definition) is 1. The lowest BCUT2D eigenvalue weighted by atomic mass is 9.91. The van der Waals surface area contributed by atoms with Crippen molar-refractivity contribution in [3.63, 3.8) is 0 Å². The van der Waals surface area contributed by atoms with Crippen LogP contribution in [0.15, 0.2) is 36.4 Å². The van der Waals surface area contributed by atoms with Crippen LogP contribution in [0.2, 0.25) is 4.34 Å². The van der Waals surface area contributed by atoms with Crippen LogP contribution < -0.4 is 10.5 Å². The molecule has 0 bridgehead atoms. The zero-order valence-electron chi connectivity index (χ0n) is 9.80. The van der Waals surface area contributed by atoms with Gasteiger partial charge in [0, 0.05) is 22.4 Å². The maximum Gasteiger partial charge on any atom is 0.122 e. The lowest BCUT2D eigenvalue weighted by Gasteiger charge is -2.17. The van der Waals surface area contributed by atoms with Gasteiger partial charge < -0.3 is 10.5 Å². The average molecular weight is 280 g/mol. The first-order valence-corrected chi connectivity index (χ1v) is 7.15. The molecule has 94 valence electrons. The van der Waals surface area contributed by atoms with E-state index in [0.717, 1.165) is 16.5 Å². The quantitative estimate of drug-likeness (QED) is 0.934. The third-order valence-corrected chi connectivity index (χ3v) is 4.57. The van der Waals surface area contributed by atoms with Crippen molar-refractivity contribution in [2.45, 2.75) is 18.4 Å². The number of benzene rings is 1. The number of para-hydroxylation sites is 1. The summed E-state index contributed by atoms with van der Waals surface area (Å²) < 4.78 is 6.49. The van der Waals surface area contributed by atoms with E-state index in [1.807, 2.05) is 24.3 Å². The van der Waals surface area contributed by atoms with E-state index in [4.69, 9.17) is 22.1 Å². The van der Waals surface area contributed by atoms with E-state index in [2.05, 4.69) is 12.1 Å². The zero-order chi connectivity index (χ0) is 12.5. The van der Waals surface area contributed by atoms with Crippen molar-refractivity contribution in [3.05, 3.63) is 51.2 Å². The van der Waals surface area contributed by atoms with Gasteiger partial charge in [-0.3, -0.25) is 0 Å². The molecule has 1 aliphatic rings. The van der Waals surface area contributed by atoms with Crippen LogP contribution >= 0.6 is 22.9 Å². The topological polar surface area (TPSA) is 35.2 Å². The Hall–Kier alpha value is -1.03. The third-order valence-electron chi connectivity index (χ3n) is 3.32. The van der Waals surface area contributed by atoms with Gasteiger partial charge >= 0.3 is 0 Å². The first kappa shape index (κ1) is 12.0. The number of rotatable bonds is 3. The van der Waals surface area contributed by atoms with E-state index in [0.29, 0.717) is 6.61 Å². The van der Waals surface area contributed by atoms with Crippen molar-refractivity contribution in [2.75, 3.05) is 6.61 Å². The Bertz CT molecular complexity index is 554. The highest BCUT2D eigenvalue weighted by atomic mass is 35.5. The van der Waals surface area contributed by atoms with E-state index < -0.39 is 0 Å². The number of thiophene rings is 1. The second-order valence-corrected chi connectivity index (χ2v) is 6.33. The lowest BCUT2D eigenvalue weighted by Crippen LogP contribution is -2.31. The molecule has 2 aromatic rings. The van der Waals surface area contributed by atoms with E-state index in [1.54, 1.807) is 11.3 Å². The second kappa shape index (κ2) is 4.92. The number of halogens is 1. The third kappa shape index (κ3) is 2.26. The maximum atomic E-state index is 6.32. The molecule has 1 aromatic heterocycles. The van der Waals surface area contributed by atoms with Gasteiger partial charge in [0.25, 0.3) is 0 Å². The summed E-state index contributed by atoms with van der Waals surface area (Å²) in [5.41, 5.74) is 7.55. The second-order valence-electron chi connectivity index (χ2n) is 4.53. The summed E-state index contributed by atoms with van der Waals surface area (Å²) in [5.74, 6) is 1.25.